The van der Waals surface area contributed by atoms with E-state index in [2.05, 4.69) is 23.8 Å². The number of nitrogens with one attached hydrogen (secondary N) is 2. The van der Waals surface area contributed by atoms with Crippen molar-refractivity contribution in [1.29, 1.82) is 0 Å². The van der Waals surface area contributed by atoms with Gasteiger partial charge < -0.3 is 29.6 Å². The van der Waals surface area contributed by atoms with Crippen molar-refractivity contribution >= 4 is 24.1 Å². The van der Waals surface area contributed by atoms with Crippen LogP contribution >= 0.6 is 0 Å². The molecule has 0 saturated heterocycles. The van der Waals surface area contributed by atoms with E-state index in [0.717, 1.165) is 77.0 Å². The monoisotopic (exact) mass is 618 g/mol. The molecule has 248 valence electrons. The lowest BCUT2D eigenvalue weighted by Gasteiger charge is -2.30. The smallest absolute Gasteiger partial charge is 0.407 e. The molecule has 0 aromatic carbocycles. The summed E-state index contributed by atoms with van der Waals surface area (Å²) in [6.07, 6.45) is 11.0. The van der Waals surface area contributed by atoms with Gasteiger partial charge in [0.2, 0.25) is 0 Å². The molecule has 0 aromatic heterocycles. The fourth-order valence-electron chi connectivity index (χ4n) is 6.48. The van der Waals surface area contributed by atoms with E-state index in [9.17, 15) is 19.2 Å². The molecular formula is C34H54N2O8. The highest BCUT2D eigenvalue weighted by Gasteiger charge is 2.26. The van der Waals surface area contributed by atoms with Crippen LogP contribution in [-0.2, 0) is 28.5 Å². The normalized spacial score (nSPS) is 26.9. The topological polar surface area (TPSA) is 129 Å². The third kappa shape index (κ3) is 13.3. The van der Waals surface area contributed by atoms with E-state index in [0.29, 0.717) is 86.2 Å². The Labute approximate surface area is 263 Å². The van der Waals surface area contributed by atoms with Gasteiger partial charge in [0.05, 0.1) is 26.4 Å². The Hall–Kier alpha value is -3.04. The first-order valence-corrected chi connectivity index (χ1v) is 16.6. The maximum Gasteiger partial charge on any atom is 0.407 e. The second-order valence-electron chi connectivity index (χ2n) is 13.4. The molecule has 0 radical (unpaired) electrons. The largest absolute Gasteiger partial charge is 0.462 e. The average molecular weight is 619 g/mol. The van der Waals surface area contributed by atoms with Gasteiger partial charge in [-0.15, -0.1) is 0 Å². The Bertz CT molecular complexity index is 906. The van der Waals surface area contributed by atoms with Gasteiger partial charge in [0, 0.05) is 24.2 Å². The minimum Gasteiger partial charge on any atom is -0.462 e. The molecule has 0 aromatic rings. The van der Waals surface area contributed by atoms with Gasteiger partial charge in [-0.2, -0.15) is 0 Å². The fraction of sp³-hybridized carbons (Fsp3) is 0.765. The number of esters is 2. The van der Waals surface area contributed by atoms with Gasteiger partial charge in [0.25, 0.3) is 0 Å². The lowest BCUT2D eigenvalue weighted by Crippen LogP contribution is -2.37. The number of carbonyl (C=O) groups excluding carboxylic acids is 4. The summed E-state index contributed by atoms with van der Waals surface area (Å²) in [5.41, 5.74) is 0.838. The first-order chi connectivity index (χ1) is 21.1. The minimum atomic E-state index is -0.367. The van der Waals surface area contributed by atoms with E-state index in [1.54, 1.807) is 13.8 Å². The highest BCUT2D eigenvalue weighted by molar-refractivity contribution is 5.87. The standard InChI is InChI=1S/C34H54N2O8/c1-23(2)31(37)41-19-25-8-12-27(13-9-25)21-43-33(39)35-17-29-6-5-7-30(16-29)18-36-34(40)44-22-28-14-10-26(11-15-28)20-42-32(38)24(3)4/h25-30H,1,3,5-22H2,2,4H3,(H,35,39)(H,36,40). The summed E-state index contributed by atoms with van der Waals surface area (Å²) in [7, 11) is 0. The first-order valence-electron chi connectivity index (χ1n) is 16.6. The van der Waals surface area contributed by atoms with Crippen molar-refractivity contribution < 1.29 is 38.1 Å². The SMILES string of the molecule is C=C(C)C(=O)OCC1CCC(COC(=O)NCC2CCCC(CNC(=O)OCC3CCC(COC(=O)C(=C)C)CC3)C2)CC1. The maximum absolute atomic E-state index is 12.3. The molecule has 2 amide bonds. The van der Waals surface area contributed by atoms with E-state index >= 15 is 0 Å². The number of hydrogen-bond donors (Lipinski definition) is 2. The van der Waals surface area contributed by atoms with Crippen molar-refractivity contribution in [2.75, 3.05) is 39.5 Å². The molecule has 3 fully saturated rings. The highest BCUT2D eigenvalue weighted by Crippen LogP contribution is 2.31. The van der Waals surface area contributed by atoms with E-state index in [-0.39, 0.29) is 24.1 Å². The highest BCUT2D eigenvalue weighted by atomic mass is 16.6. The van der Waals surface area contributed by atoms with E-state index in [1.807, 2.05) is 0 Å². The van der Waals surface area contributed by atoms with Gasteiger partial charge in [0.1, 0.15) is 0 Å². The predicted molar refractivity (Wildman–Crippen MR) is 167 cm³/mol. The van der Waals surface area contributed by atoms with Crippen molar-refractivity contribution in [2.45, 2.75) is 90.9 Å². The number of carbonyl (C=O) groups is 4. The third-order valence-corrected chi connectivity index (χ3v) is 9.39. The van der Waals surface area contributed by atoms with Crippen LogP contribution in [0.25, 0.3) is 0 Å². The van der Waals surface area contributed by atoms with Crippen LogP contribution in [0, 0.1) is 35.5 Å². The fourth-order valence-corrected chi connectivity index (χ4v) is 6.48. The summed E-state index contributed by atoms with van der Waals surface area (Å²) in [6.45, 7) is 13.4. The summed E-state index contributed by atoms with van der Waals surface area (Å²) in [5, 5.41) is 5.88. The molecule has 3 saturated carbocycles. The quantitative estimate of drug-likeness (QED) is 0.136. The Morgan fingerprint density at radius 1 is 0.523 bits per heavy atom. The minimum absolute atomic E-state index is 0.335. The summed E-state index contributed by atoms with van der Waals surface area (Å²) < 4.78 is 21.6. The Balaban J connectivity index is 1.20. The number of hydrogen-bond acceptors (Lipinski definition) is 8. The van der Waals surface area contributed by atoms with Crippen LogP contribution in [0.3, 0.4) is 0 Å². The van der Waals surface area contributed by atoms with Crippen LogP contribution in [0.5, 0.6) is 0 Å². The Kier molecular flexibility index (Phi) is 15.1. The number of ether oxygens (including phenoxy) is 4. The molecule has 2 N–H and O–H groups in total. The number of amides is 2. The van der Waals surface area contributed by atoms with Crippen LogP contribution in [0.4, 0.5) is 9.59 Å². The molecule has 3 rings (SSSR count). The molecule has 3 aliphatic rings. The van der Waals surface area contributed by atoms with Gasteiger partial charge in [-0.3, -0.25) is 0 Å². The van der Waals surface area contributed by atoms with Crippen LogP contribution in [0.1, 0.15) is 90.9 Å². The van der Waals surface area contributed by atoms with Crippen LogP contribution in [-0.4, -0.2) is 63.6 Å². The third-order valence-electron chi connectivity index (χ3n) is 9.39. The van der Waals surface area contributed by atoms with E-state index in [1.165, 1.54) is 0 Å². The molecule has 0 heterocycles. The van der Waals surface area contributed by atoms with Gasteiger partial charge in [0.15, 0.2) is 0 Å². The summed E-state index contributed by atoms with van der Waals surface area (Å²) in [4.78, 5) is 47.8. The van der Waals surface area contributed by atoms with Crippen LogP contribution in [0.15, 0.2) is 24.3 Å². The van der Waals surface area contributed by atoms with Crippen molar-refractivity contribution in [3.8, 4) is 0 Å². The van der Waals surface area contributed by atoms with Gasteiger partial charge in [-0.1, -0.05) is 19.6 Å². The van der Waals surface area contributed by atoms with Crippen molar-refractivity contribution in [3.63, 3.8) is 0 Å². The van der Waals surface area contributed by atoms with Crippen LogP contribution < -0.4 is 10.6 Å². The van der Waals surface area contributed by atoms with E-state index in [4.69, 9.17) is 18.9 Å². The Morgan fingerprint density at radius 2 is 0.841 bits per heavy atom. The molecular weight excluding hydrogens is 564 g/mol. The summed E-state index contributed by atoms with van der Waals surface area (Å²) in [6, 6.07) is 0. The molecule has 2 unspecified atom stereocenters. The van der Waals surface area contributed by atoms with E-state index < -0.39 is 0 Å². The second-order valence-corrected chi connectivity index (χ2v) is 13.4. The molecule has 2 atom stereocenters. The zero-order valence-electron chi connectivity index (χ0n) is 26.9. The predicted octanol–water partition coefficient (Wildman–Crippen LogP) is 6.10. The number of alkyl carbamates (subject to hydrolysis) is 2. The van der Waals surface area contributed by atoms with Crippen molar-refractivity contribution in [2.24, 2.45) is 35.5 Å². The zero-order valence-corrected chi connectivity index (χ0v) is 26.9. The zero-order chi connectivity index (χ0) is 31.9. The molecule has 0 bridgehead atoms. The summed E-state index contributed by atoms with van der Waals surface area (Å²) >= 11 is 0. The molecule has 3 aliphatic carbocycles. The lowest BCUT2D eigenvalue weighted by molar-refractivity contribution is -0.141. The molecule has 10 nitrogen and oxygen atoms in total. The molecule has 0 spiro atoms. The molecule has 44 heavy (non-hydrogen) atoms. The molecule has 10 heteroatoms. The second kappa shape index (κ2) is 18.7. The summed E-state index contributed by atoms with van der Waals surface area (Å²) in [5.74, 6) is 1.45. The van der Waals surface area contributed by atoms with Gasteiger partial charge >= 0.3 is 24.1 Å². The lowest BCUT2D eigenvalue weighted by atomic mass is 9.81. The van der Waals surface area contributed by atoms with Gasteiger partial charge in [-0.25, -0.2) is 19.2 Å². The number of rotatable bonds is 14. The van der Waals surface area contributed by atoms with Crippen molar-refractivity contribution in [3.05, 3.63) is 24.3 Å². The Morgan fingerprint density at radius 3 is 1.16 bits per heavy atom. The molecule has 0 aliphatic heterocycles. The maximum atomic E-state index is 12.3. The average Bonchev–Trinajstić information content (AvgIpc) is 3.03. The van der Waals surface area contributed by atoms with Gasteiger partial charge in [-0.05, 0) is 120 Å². The van der Waals surface area contributed by atoms with Crippen molar-refractivity contribution in [1.82, 2.24) is 10.6 Å². The van der Waals surface area contributed by atoms with Crippen LogP contribution in [0.2, 0.25) is 0 Å². The first kappa shape index (κ1) is 35.4.